The second-order valence-corrected chi connectivity index (χ2v) is 4.00. The van der Waals surface area contributed by atoms with Gasteiger partial charge in [0.2, 0.25) is 0 Å². The van der Waals surface area contributed by atoms with E-state index >= 15 is 0 Å². The van der Waals surface area contributed by atoms with E-state index in [4.69, 9.17) is 4.74 Å². The molecule has 1 aromatic rings. The van der Waals surface area contributed by atoms with Crippen molar-refractivity contribution in [2.24, 2.45) is 0 Å². The zero-order valence-electron chi connectivity index (χ0n) is 10.1. The van der Waals surface area contributed by atoms with Gasteiger partial charge in [0.1, 0.15) is 5.75 Å². The second-order valence-electron chi connectivity index (χ2n) is 4.00. The van der Waals surface area contributed by atoms with Crippen molar-refractivity contribution in [3.05, 3.63) is 42.0 Å². The molecule has 0 fully saturated rings. The van der Waals surface area contributed by atoms with Crippen molar-refractivity contribution in [2.75, 3.05) is 6.61 Å². The normalized spacial score (nSPS) is 12.2. The van der Waals surface area contributed by atoms with Gasteiger partial charge < -0.3 is 9.84 Å². The van der Waals surface area contributed by atoms with Crippen molar-refractivity contribution >= 4 is 0 Å². The van der Waals surface area contributed by atoms with Gasteiger partial charge in [0.05, 0.1) is 12.7 Å². The molecule has 1 unspecified atom stereocenters. The number of benzene rings is 1. The first-order chi connectivity index (χ1) is 7.65. The lowest BCUT2D eigenvalue weighted by Crippen LogP contribution is -2.02. The Morgan fingerprint density at radius 3 is 2.88 bits per heavy atom. The van der Waals surface area contributed by atoms with Crippen molar-refractivity contribution in [1.82, 2.24) is 0 Å². The molecule has 1 atom stereocenters. The predicted octanol–water partition coefficient (Wildman–Crippen LogP) is 3.39. The van der Waals surface area contributed by atoms with Crippen LogP contribution in [0.1, 0.15) is 37.0 Å². The van der Waals surface area contributed by atoms with Crippen LogP contribution in [-0.4, -0.2) is 11.7 Å². The molecule has 0 heterocycles. The van der Waals surface area contributed by atoms with Crippen LogP contribution < -0.4 is 4.74 Å². The van der Waals surface area contributed by atoms with Gasteiger partial charge in [-0.25, -0.2) is 0 Å². The highest BCUT2D eigenvalue weighted by Gasteiger charge is 2.08. The van der Waals surface area contributed by atoms with E-state index in [2.05, 4.69) is 6.58 Å². The van der Waals surface area contributed by atoms with Gasteiger partial charge >= 0.3 is 0 Å². The number of ether oxygens (including phenoxy) is 1. The molecule has 0 saturated heterocycles. The van der Waals surface area contributed by atoms with Crippen molar-refractivity contribution in [2.45, 2.75) is 32.8 Å². The quantitative estimate of drug-likeness (QED) is 0.588. The SMILES string of the molecule is C=CCCCOc1cc(C)ccc1C(C)O. The summed E-state index contributed by atoms with van der Waals surface area (Å²) in [6.45, 7) is 8.10. The first kappa shape index (κ1) is 12.8. The Morgan fingerprint density at radius 1 is 1.50 bits per heavy atom. The summed E-state index contributed by atoms with van der Waals surface area (Å²) >= 11 is 0. The van der Waals surface area contributed by atoms with Crippen LogP contribution in [0.2, 0.25) is 0 Å². The summed E-state index contributed by atoms with van der Waals surface area (Å²) < 4.78 is 5.67. The predicted molar refractivity (Wildman–Crippen MR) is 66.7 cm³/mol. The monoisotopic (exact) mass is 220 g/mol. The second kappa shape index (κ2) is 6.33. The number of allylic oxidation sites excluding steroid dienone is 1. The lowest BCUT2D eigenvalue weighted by Gasteiger charge is -2.13. The number of rotatable bonds is 6. The van der Waals surface area contributed by atoms with E-state index in [1.165, 1.54) is 0 Å². The number of aliphatic hydroxyl groups excluding tert-OH is 1. The van der Waals surface area contributed by atoms with Gasteiger partial charge in [-0.1, -0.05) is 18.2 Å². The first-order valence-corrected chi connectivity index (χ1v) is 5.67. The Balaban J connectivity index is 2.68. The minimum atomic E-state index is -0.491. The molecular formula is C14H20O2. The maximum Gasteiger partial charge on any atom is 0.125 e. The molecule has 0 spiro atoms. The van der Waals surface area contributed by atoms with Crippen LogP contribution in [-0.2, 0) is 0 Å². The van der Waals surface area contributed by atoms with E-state index < -0.39 is 6.10 Å². The topological polar surface area (TPSA) is 29.5 Å². The summed E-state index contributed by atoms with van der Waals surface area (Å²) in [7, 11) is 0. The summed E-state index contributed by atoms with van der Waals surface area (Å²) in [4.78, 5) is 0. The highest BCUT2D eigenvalue weighted by Crippen LogP contribution is 2.26. The Kier molecular flexibility index (Phi) is 5.06. The van der Waals surface area contributed by atoms with Gasteiger partial charge in [0.15, 0.2) is 0 Å². The van der Waals surface area contributed by atoms with Crippen LogP contribution >= 0.6 is 0 Å². The van der Waals surface area contributed by atoms with Crippen LogP contribution in [0.15, 0.2) is 30.9 Å². The smallest absolute Gasteiger partial charge is 0.125 e. The Morgan fingerprint density at radius 2 is 2.25 bits per heavy atom. The Labute approximate surface area is 97.6 Å². The van der Waals surface area contributed by atoms with Gasteiger partial charge in [-0.05, 0) is 38.3 Å². The summed E-state index contributed by atoms with van der Waals surface area (Å²) in [5.41, 5.74) is 1.99. The molecule has 0 bridgehead atoms. The molecule has 0 saturated carbocycles. The summed E-state index contributed by atoms with van der Waals surface area (Å²) in [5, 5.41) is 9.60. The molecular weight excluding hydrogens is 200 g/mol. The standard InChI is InChI=1S/C14H20O2/c1-4-5-6-9-16-14-10-11(2)7-8-13(14)12(3)15/h4,7-8,10,12,15H,1,5-6,9H2,2-3H3. The van der Waals surface area contributed by atoms with E-state index in [-0.39, 0.29) is 0 Å². The number of hydrogen-bond donors (Lipinski definition) is 1. The third-order valence-electron chi connectivity index (χ3n) is 2.43. The Hall–Kier alpha value is -1.28. The zero-order valence-corrected chi connectivity index (χ0v) is 10.1. The minimum absolute atomic E-state index is 0.491. The van der Waals surface area contributed by atoms with Crippen molar-refractivity contribution < 1.29 is 9.84 Å². The lowest BCUT2D eigenvalue weighted by atomic mass is 10.1. The molecule has 1 rings (SSSR count). The van der Waals surface area contributed by atoms with Crippen LogP contribution in [0, 0.1) is 6.92 Å². The lowest BCUT2D eigenvalue weighted by molar-refractivity contribution is 0.191. The fourth-order valence-corrected chi connectivity index (χ4v) is 1.52. The average Bonchev–Trinajstić information content (AvgIpc) is 2.24. The summed E-state index contributed by atoms with van der Waals surface area (Å²) in [6.07, 6.45) is 3.30. The fourth-order valence-electron chi connectivity index (χ4n) is 1.52. The molecule has 1 aromatic carbocycles. The first-order valence-electron chi connectivity index (χ1n) is 5.67. The minimum Gasteiger partial charge on any atom is -0.493 e. The van der Waals surface area contributed by atoms with E-state index in [1.54, 1.807) is 6.92 Å². The van der Waals surface area contributed by atoms with Crippen LogP contribution in [0.25, 0.3) is 0 Å². The maximum absolute atomic E-state index is 9.60. The number of unbranched alkanes of at least 4 members (excludes halogenated alkanes) is 1. The van der Waals surface area contributed by atoms with Gasteiger partial charge in [-0.15, -0.1) is 6.58 Å². The molecule has 0 aliphatic rings. The highest BCUT2D eigenvalue weighted by molar-refractivity contribution is 5.38. The zero-order chi connectivity index (χ0) is 12.0. The third kappa shape index (κ3) is 3.70. The molecule has 0 aliphatic carbocycles. The van der Waals surface area contributed by atoms with Gasteiger partial charge in [-0.3, -0.25) is 0 Å². The van der Waals surface area contributed by atoms with Crippen LogP contribution in [0.5, 0.6) is 5.75 Å². The molecule has 2 heteroatoms. The molecule has 0 aliphatic heterocycles. The largest absolute Gasteiger partial charge is 0.493 e. The average molecular weight is 220 g/mol. The van der Waals surface area contributed by atoms with Gasteiger partial charge in [0.25, 0.3) is 0 Å². The van der Waals surface area contributed by atoms with E-state index in [1.807, 2.05) is 31.2 Å². The molecule has 0 aromatic heterocycles. The van der Waals surface area contributed by atoms with E-state index in [9.17, 15) is 5.11 Å². The molecule has 0 amide bonds. The molecule has 0 radical (unpaired) electrons. The maximum atomic E-state index is 9.60. The van der Waals surface area contributed by atoms with Gasteiger partial charge in [-0.2, -0.15) is 0 Å². The van der Waals surface area contributed by atoms with Crippen LogP contribution in [0.3, 0.4) is 0 Å². The number of hydrogen-bond acceptors (Lipinski definition) is 2. The summed E-state index contributed by atoms with van der Waals surface area (Å²) in [5.74, 6) is 0.791. The highest BCUT2D eigenvalue weighted by atomic mass is 16.5. The fraction of sp³-hybridized carbons (Fsp3) is 0.429. The Bertz CT molecular complexity index is 343. The van der Waals surface area contributed by atoms with Crippen molar-refractivity contribution in [1.29, 1.82) is 0 Å². The molecule has 1 N–H and O–H groups in total. The molecule has 88 valence electrons. The van der Waals surface area contributed by atoms with Crippen LogP contribution in [0.4, 0.5) is 0 Å². The third-order valence-corrected chi connectivity index (χ3v) is 2.43. The molecule has 16 heavy (non-hydrogen) atoms. The molecule has 2 nitrogen and oxygen atoms in total. The van der Waals surface area contributed by atoms with E-state index in [0.29, 0.717) is 6.61 Å². The van der Waals surface area contributed by atoms with Crippen molar-refractivity contribution in [3.63, 3.8) is 0 Å². The summed E-state index contributed by atoms with van der Waals surface area (Å²) in [6, 6.07) is 5.87. The van der Waals surface area contributed by atoms with Gasteiger partial charge in [0, 0.05) is 5.56 Å². The van der Waals surface area contributed by atoms with Crippen molar-refractivity contribution in [3.8, 4) is 5.75 Å². The number of aryl methyl sites for hydroxylation is 1. The number of aliphatic hydroxyl groups is 1. The van der Waals surface area contributed by atoms with E-state index in [0.717, 1.165) is 29.7 Å².